The zero-order valence-corrected chi connectivity index (χ0v) is 19.8. The van der Waals surface area contributed by atoms with Crippen molar-refractivity contribution in [1.82, 2.24) is 14.8 Å². The van der Waals surface area contributed by atoms with Gasteiger partial charge in [0.05, 0.1) is 18.6 Å². The Morgan fingerprint density at radius 2 is 1.97 bits per heavy atom. The predicted molar refractivity (Wildman–Crippen MR) is 129 cm³/mol. The van der Waals surface area contributed by atoms with Gasteiger partial charge in [-0.05, 0) is 61.9 Å². The van der Waals surface area contributed by atoms with Crippen LogP contribution in [-0.2, 0) is 17.9 Å². The molecule has 0 aliphatic rings. The number of amides is 1. The van der Waals surface area contributed by atoms with Crippen LogP contribution in [0.15, 0.2) is 70.4 Å². The molecule has 0 fully saturated rings. The van der Waals surface area contributed by atoms with Gasteiger partial charge in [-0.25, -0.2) is 0 Å². The first-order valence-electron chi connectivity index (χ1n) is 10.3. The molecule has 0 bridgehead atoms. The van der Waals surface area contributed by atoms with E-state index in [9.17, 15) is 4.79 Å². The van der Waals surface area contributed by atoms with Crippen LogP contribution in [0.25, 0.3) is 0 Å². The lowest BCUT2D eigenvalue weighted by Gasteiger charge is -2.11. The molecule has 4 aromatic rings. The van der Waals surface area contributed by atoms with E-state index in [-0.39, 0.29) is 18.3 Å². The number of thioether (sulfide) groups is 1. The number of halogens is 1. The van der Waals surface area contributed by atoms with Crippen LogP contribution in [0.1, 0.15) is 22.7 Å². The van der Waals surface area contributed by atoms with E-state index in [1.165, 1.54) is 11.8 Å². The highest BCUT2D eigenvalue weighted by molar-refractivity contribution is 7.99. The molecule has 4 rings (SSSR count). The van der Waals surface area contributed by atoms with Gasteiger partial charge in [-0.1, -0.05) is 41.1 Å². The van der Waals surface area contributed by atoms with Crippen LogP contribution in [0.3, 0.4) is 0 Å². The van der Waals surface area contributed by atoms with E-state index in [4.69, 9.17) is 20.8 Å². The molecule has 0 spiro atoms. The van der Waals surface area contributed by atoms with E-state index < -0.39 is 0 Å². The molecule has 2 heterocycles. The van der Waals surface area contributed by atoms with E-state index in [1.54, 1.807) is 30.5 Å². The number of hydrogen-bond acceptors (Lipinski definition) is 6. The molecule has 0 aliphatic carbocycles. The second-order valence-electron chi connectivity index (χ2n) is 7.46. The molecule has 0 radical (unpaired) electrons. The zero-order valence-electron chi connectivity index (χ0n) is 18.2. The molecule has 33 heavy (non-hydrogen) atoms. The first kappa shape index (κ1) is 22.9. The Kier molecular flexibility index (Phi) is 7.36. The van der Waals surface area contributed by atoms with Crippen molar-refractivity contribution in [2.45, 2.75) is 32.2 Å². The molecule has 9 heteroatoms. The second kappa shape index (κ2) is 10.6. The van der Waals surface area contributed by atoms with Gasteiger partial charge in [-0.2, -0.15) is 0 Å². The number of carbonyl (C=O) groups excluding carboxylic acids is 1. The summed E-state index contributed by atoms with van der Waals surface area (Å²) in [5, 5.41) is 12.8. The van der Waals surface area contributed by atoms with Crippen LogP contribution in [0.2, 0.25) is 5.02 Å². The smallest absolute Gasteiger partial charge is 0.234 e. The molecular weight excluding hydrogens is 460 g/mol. The molecule has 2 aromatic heterocycles. The summed E-state index contributed by atoms with van der Waals surface area (Å²) in [7, 11) is 0. The molecule has 170 valence electrons. The molecule has 0 saturated carbocycles. The summed E-state index contributed by atoms with van der Waals surface area (Å²) in [6, 6.07) is 16.8. The van der Waals surface area contributed by atoms with Gasteiger partial charge in [-0.15, -0.1) is 10.2 Å². The van der Waals surface area contributed by atoms with Crippen molar-refractivity contribution in [3.63, 3.8) is 0 Å². The van der Waals surface area contributed by atoms with Gasteiger partial charge in [0, 0.05) is 10.7 Å². The van der Waals surface area contributed by atoms with Crippen LogP contribution < -0.4 is 10.1 Å². The molecule has 1 N–H and O–H groups in total. The van der Waals surface area contributed by atoms with Crippen LogP contribution in [0, 0.1) is 13.8 Å². The highest BCUT2D eigenvalue weighted by Gasteiger charge is 2.17. The summed E-state index contributed by atoms with van der Waals surface area (Å²) in [4.78, 5) is 12.6. The fourth-order valence-electron chi connectivity index (χ4n) is 3.20. The molecule has 7 nitrogen and oxygen atoms in total. The molecular formula is C24H23ClN4O3S. The van der Waals surface area contributed by atoms with Gasteiger partial charge < -0.3 is 14.5 Å². The number of rotatable bonds is 9. The number of hydrogen-bond donors (Lipinski definition) is 1. The number of nitrogens with zero attached hydrogens (tertiary/aromatic N) is 3. The second-order valence-corrected chi connectivity index (χ2v) is 8.84. The number of ether oxygens (including phenoxy) is 1. The lowest BCUT2D eigenvalue weighted by molar-refractivity contribution is -0.113. The van der Waals surface area contributed by atoms with Gasteiger partial charge in [0.25, 0.3) is 0 Å². The zero-order chi connectivity index (χ0) is 23.2. The minimum absolute atomic E-state index is 0.113. The van der Waals surface area contributed by atoms with E-state index >= 15 is 0 Å². The molecule has 0 atom stereocenters. The SMILES string of the molecule is Cc1ccc(NC(=O)CSc2nnc(COc3ccc(Cl)cc3)n2Cc2ccco2)c(C)c1. The average Bonchev–Trinajstić information content (AvgIpc) is 3.44. The Morgan fingerprint density at radius 3 is 2.70 bits per heavy atom. The topological polar surface area (TPSA) is 82.2 Å². The lowest BCUT2D eigenvalue weighted by Crippen LogP contribution is -2.16. The maximum Gasteiger partial charge on any atom is 0.234 e. The monoisotopic (exact) mass is 482 g/mol. The maximum atomic E-state index is 12.6. The number of nitrogens with one attached hydrogen (secondary N) is 1. The van der Waals surface area contributed by atoms with Crippen molar-refractivity contribution in [3.05, 3.63) is 88.6 Å². The fourth-order valence-corrected chi connectivity index (χ4v) is 4.08. The third kappa shape index (κ3) is 6.18. The Morgan fingerprint density at radius 1 is 1.15 bits per heavy atom. The van der Waals surface area contributed by atoms with Gasteiger partial charge in [-0.3, -0.25) is 9.36 Å². The molecule has 0 saturated heterocycles. The Hall–Kier alpha value is -3.23. The minimum Gasteiger partial charge on any atom is -0.486 e. The summed E-state index contributed by atoms with van der Waals surface area (Å²) in [6.45, 7) is 4.64. The predicted octanol–water partition coefficient (Wildman–Crippen LogP) is 5.50. The van der Waals surface area contributed by atoms with E-state index in [0.717, 1.165) is 22.6 Å². The maximum absolute atomic E-state index is 12.6. The van der Waals surface area contributed by atoms with Crippen LogP contribution in [-0.4, -0.2) is 26.4 Å². The lowest BCUT2D eigenvalue weighted by atomic mass is 10.1. The first-order valence-corrected chi connectivity index (χ1v) is 11.7. The Labute approximate surface area is 201 Å². The van der Waals surface area contributed by atoms with Crippen molar-refractivity contribution in [2.24, 2.45) is 0 Å². The van der Waals surface area contributed by atoms with Crippen molar-refractivity contribution in [2.75, 3.05) is 11.1 Å². The minimum atomic E-state index is -0.113. The Bertz CT molecular complexity index is 1220. The quantitative estimate of drug-likeness (QED) is 0.317. The largest absolute Gasteiger partial charge is 0.486 e. The summed E-state index contributed by atoms with van der Waals surface area (Å²) in [5.74, 6) is 2.14. The number of anilines is 1. The third-order valence-electron chi connectivity index (χ3n) is 4.86. The van der Waals surface area contributed by atoms with E-state index in [1.807, 2.05) is 48.7 Å². The standard InChI is InChI=1S/C24H23ClN4O3S/c1-16-5-10-21(17(2)12-16)26-23(30)15-33-24-28-27-22(29(24)13-20-4-3-11-31-20)14-32-19-8-6-18(25)7-9-19/h3-12H,13-15H2,1-2H3,(H,26,30). The third-order valence-corrected chi connectivity index (χ3v) is 6.08. The van der Waals surface area contributed by atoms with Crippen molar-refractivity contribution in [1.29, 1.82) is 0 Å². The van der Waals surface area contributed by atoms with E-state index in [2.05, 4.69) is 15.5 Å². The summed E-state index contributed by atoms with van der Waals surface area (Å²) < 4.78 is 13.2. The number of furan rings is 1. The van der Waals surface area contributed by atoms with Gasteiger partial charge >= 0.3 is 0 Å². The number of benzene rings is 2. The van der Waals surface area contributed by atoms with Gasteiger partial charge in [0.15, 0.2) is 11.0 Å². The molecule has 2 aromatic carbocycles. The highest BCUT2D eigenvalue weighted by atomic mass is 35.5. The highest BCUT2D eigenvalue weighted by Crippen LogP contribution is 2.22. The van der Waals surface area contributed by atoms with Crippen molar-refractivity contribution in [3.8, 4) is 5.75 Å². The summed E-state index contributed by atoms with van der Waals surface area (Å²) >= 11 is 7.25. The van der Waals surface area contributed by atoms with Gasteiger partial charge in [0.1, 0.15) is 18.1 Å². The van der Waals surface area contributed by atoms with Gasteiger partial charge in [0.2, 0.25) is 5.91 Å². The Balaban J connectivity index is 1.44. The molecule has 0 unspecified atom stereocenters. The van der Waals surface area contributed by atoms with Crippen molar-refractivity contribution >= 4 is 35.0 Å². The van der Waals surface area contributed by atoms with E-state index in [0.29, 0.717) is 28.3 Å². The average molecular weight is 483 g/mol. The van der Waals surface area contributed by atoms with Crippen LogP contribution >= 0.6 is 23.4 Å². The number of aryl methyl sites for hydroxylation is 2. The van der Waals surface area contributed by atoms with Crippen molar-refractivity contribution < 1.29 is 13.9 Å². The fraction of sp³-hybridized carbons (Fsp3) is 0.208. The summed E-state index contributed by atoms with van der Waals surface area (Å²) in [6.07, 6.45) is 1.62. The summed E-state index contributed by atoms with van der Waals surface area (Å²) in [5.41, 5.74) is 2.98. The first-order chi connectivity index (χ1) is 16.0. The van der Waals surface area contributed by atoms with Crippen LogP contribution in [0.4, 0.5) is 5.69 Å². The number of aromatic nitrogens is 3. The number of carbonyl (C=O) groups is 1. The normalized spacial score (nSPS) is 10.9. The molecule has 1 amide bonds. The molecule has 0 aliphatic heterocycles. The van der Waals surface area contributed by atoms with Crippen LogP contribution in [0.5, 0.6) is 5.75 Å².